The van der Waals surface area contributed by atoms with Gasteiger partial charge in [-0.1, -0.05) is 31.0 Å². The zero-order chi connectivity index (χ0) is 21.1. The molecule has 2 aliphatic heterocycles. The molecule has 0 bridgehead atoms. The van der Waals surface area contributed by atoms with Crippen LogP contribution in [0.3, 0.4) is 0 Å². The van der Waals surface area contributed by atoms with Gasteiger partial charge in [0, 0.05) is 30.5 Å². The Hall–Kier alpha value is -2.38. The highest BCUT2D eigenvalue weighted by Crippen LogP contribution is 2.31. The maximum Gasteiger partial charge on any atom is 0.246 e. The van der Waals surface area contributed by atoms with E-state index in [2.05, 4.69) is 18.3 Å². The molecule has 0 unspecified atom stereocenters. The summed E-state index contributed by atoms with van der Waals surface area (Å²) in [6.07, 6.45) is 4.87. The van der Waals surface area contributed by atoms with E-state index in [1.54, 1.807) is 28.6 Å². The van der Waals surface area contributed by atoms with Crippen LogP contribution < -0.4 is 10.2 Å². The van der Waals surface area contributed by atoms with Crippen LogP contribution in [-0.4, -0.2) is 44.3 Å². The Morgan fingerprint density at radius 3 is 2.37 bits per heavy atom. The lowest BCUT2D eigenvalue weighted by Crippen LogP contribution is -2.39. The molecule has 2 aromatic rings. The summed E-state index contributed by atoms with van der Waals surface area (Å²) in [6, 6.07) is 14.9. The summed E-state index contributed by atoms with van der Waals surface area (Å²) in [4.78, 5) is 15.0. The van der Waals surface area contributed by atoms with E-state index < -0.39 is 10.0 Å². The number of sulfonamides is 1. The minimum absolute atomic E-state index is 0.00807. The van der Waals surface area contributed by atoms with Crippen LogP contribution in [0.25, 0.3) is 0 Å². The van der Waals surface area contributed by atoms with E-state index in [1.807, 2.05) is 23.1 Å². The molecule has 0 aromatic heterocycles. The van der Waals surface area contributed by atoms with Crippen molar-refractivity contribution in [1.29, 1.82) is 0 Å². The molecule has 6 nitrogen and oxygen atoms in total. The number of anilines is 2. The third kappa shape index (κ3) is 4.23. The molecule has 160 valence electrons. The molecule has 7 heteroatoms. The van der Waals surface area contributed by atoms with Crippen molar-refractivity contribution in [1.82, 2.24) is 4.31 Å². The van der Waals surface area contributed by atoms with Crippen molar-refractivity contribution in [3.05, 3.63) is 54.1 Å². The molecule has 0 saturated carbocycles. The standard InChI is InChI=1S/C23H29N3O3S/c1-18-16-19-8-4-5-9-22(19)26(18)23(27)17-24-20-10-12-21(13-11-20)30(28,29)25-14-6-2-3-7-15-25/h4-5,8-13,18,24H,2-3,6-7,14-17H2,1H3/t18-/m0/s1. The number of hydrogen-bond acceptors (Lipinski definition) is 4. The number of carbonyl (C=O) groups is 1. The minimum Gasteiger partial charge on any atom is -0.376 e. The molecule has 1 amide bonds. The van der Waals surface area contributed by atoms with E-state index in [4.69, 9.17) is 0 Å². The van der Waals surface area contributed by atoms with E-state index in [0.717, 1.165) is 43.5 Å². The van der Waals surface area contributed by atoms with Crippen molar-refractivity contribution in [2.75, 3.05) is 29.9 Å². The Balaban J connectivity index is 1.40. The quantitative estimate of drug-likeness (QED) is 0.791. The summed E-state index contributed by atoms with van der Waals surface area (Å²) in [5, 5.41) is 3.14. The van der Waals surface area contributed by atoms with E-state index in [0.29, 0.717) is 18.0 Å². The zero-order valence-corrected chi connectivity index (χ0v) is 18.2. The van der Waals surface area contributed by atoms with Gasteiger partial charge in [-0.15, -0.1) is 0 Å². The Kier molecular flexibility index (Phi) is 6.11. The summed E-state index contributed by atoms with van der Waals surface area (Å²) in [5.74, 6) is 0.00807. The first-order valence-electron chi connectivity index (χ1n) is 10.7. The summed E-state index contributed by atoms with van der Waals surface area (Å²) in [6.45, 7) is 3.40. The Bertz CT molecular complexity index is 997. The molecule has 2 aliphatic rings. The maximum atomic E-state index is 12.9. The van der Waals surface area contributed by atoms with Crippen LogP contribution >= 0.6 is 0 Å². The molecular weight excluding hydrogens is 398 g/mol. The molecule has 4 rings (SSSR count). The Morgan fingerprint density at radius 2 is 1.67 bits per heavy atom. The number of para-hydroxylation sites is 1. The first-order chi connectivity index (χ1) is 14.5. The average molecular weight is 428 g/mol. The van der Waals surface area contributed by atoms with Gasteiger partial charge >= 0.3 is 0 Å². The number of hydrogen-bond donors (Lipinski definition) is 1. The van der Waals surface area contributed by atoms with Crippen LogP contribution in [0.1, 0.15) is 38.2 Å². The van der Waals surface area contributed by atoms with E-state index in [1.165, 1.54) is 5.56 Å². The first kappa shape index (κ1) is 20.9. The number of amides is 1. The van der Waals surface area contributed by atoms with Gasteiger partial charge in [-0.2, -0.15) is 4.31 Å². The average Bonchev–Trinajstić information content (AvgIpc) is 2.91. The van der Waals surface area contributed by atoms with Gasteiger partial charge in [-0.05, 0) is 62.1 Å². The topological polar surface area (TPSA) is 69.7 Å². The van der Waals surface area contributed by atoms with Crippen molar-refractivity contribution in [3.8, 4) is 0 Å². The molecular formula is C23H29N3O3S. The summed E-state index contributed by atoms with van der Waals surface area (Å²) in [5.41, 5.74) is 2.91. The highest BCUT2D eigenvalue weighted by atomic mass is 32.2. The zero-order valence-electron chi connectivity index (χ0n) is 17.4. The predicted molar refractivity (Wildman–Crippen MR) is 119 cm³/mol. The van der Waals surface area contributed by atoms with Crippen molar-refractivity contribution < 1.29 is 13.2 Å². The summed E-state index contributed by atoms with van der Waals surface area (Å²) in [7, 11) is -3.46. The fraction of sp³-hybridized carbons (Fsp3) is 0.435. The van der Waals surface area contributed by atoms with Crippen molar-refractivity contribution in [2.45, 2.75) is 50.0 Å². The third-order valence-electron chi connectivity index (χ3n) is 5.98. The summed E-state index contributed by atoms with van der Waals surface area (Å²) < 4.78 is 27.4. The van der Waals surface area contributed by atoms with Gasteiger partial charge in [-0.25, -0.2) is 8.42 Å². The second-order valence-electron chi connectivity index (χ2n) is 8.14. The van der Waals surface area contributed by atoms with Crippen LogP contribution in [0.2, 0.25) is 0 Å². The van der Waals surface area contributed by atoms with Gasteiger partial charge in [0.05, 0.1) is 11.4 Å². The SMILES string of the molecule is C[C@H]1Cc2ccccc2N1C(=O)CNc1ccc(S(=O)(=O)N2CCCCCC2)cc1. The molecule has 2 heterocycles. The van der Waals surface area contributed by atoms with Crippen LogP contribution in [0.15, 0.2) is 53.4 Å². The number of nitrogens with one attached hydrogen (secondary N) is 1. The lowest BCUT2D eigenvalue weighted by molar-refractivity contribution is -0.117. The summed E-state index contributed by atoms with van der Waals surface area (Å²) >= 11 is 0. The van der Waals surface area contributed by atoms with Gasteiger partial charge in [0.15, 0.2) is 0 Å². The Labute approximate surface area is 178 Å². The Morgan fingerprint density at radius 1 is 1.00 bits per heavy atom. The molecule has 30 heavy (non-hydrogen) atoms. The second-order valence-corrected chi connectivity index (χ2v) is 10.1. The minimum atomic E-state index is -3.46. The fourth-order valence-corrected chi connectivity index (χ4v) is 5.90. The molecule has 1 fully saturated rings. The fourth-order valence-electron chi connectivity index (χ4n) is 4.38. The molecule has 0 aliphatic carbocycles. The van der Waals surface area contributed by atoms with Crippen LogP contribution in [0, 0.1) is 0 Å². The number of fused-ring (bicyclic) bond motifs is 1. The highest BCUT2D eigenvalue weighted by Gasteiger charge is 2.30. The van der Waals surface area contributed by atoms with Crippen molar-refractivity contribution >= 4 is 27.3 Å². The number of benzene rings is 2. The number of rotatable bonds is 5. The van der Waals surface area contributed by atoms with Crippen LogP contribution in [0.5, 0.6) is 0 Å². The van der Waals surface area contributed by atoms with Gasteiger partial charge in [0.2, 0.25) is 15.9 Å². The molecule has 0 radical (unpaired) electrons. The largest absolute Gasteiger partial charge is 0.376 e. The van der Waals surface area contributed by atoms with Gasteiger partial charge < -0.3 is 10.2 Å². The maximum absolute atomic E-state index is 12.9. The molecule has 1 N–H and O–H groups in total. The smallest absolute Gasteiger partial charge is 0.246 e. The third-order valence-corrected chi connectivity index (χ3v) is 7.89. The van der Waals surface area contributed by atoms with Crippen molar-refractivity contribution in [2.24, 2.45) is 0 Å². The second kappa shape index (κ2) is 8.78. The van der Waals surface area contributed by atoms with Crippen LogP contribution in [-0.2, 0) is 21.2 Å². The highest BCUT2D eigenvalue weighted by molar-refractivity contribution is 7.89. The van der Waals surface area contributed by atoms with E-state index >= 15 is 0 Å². The molecule has 1 atom stereocenters. The number of nitrogens with zero attached hydrogens (tertiary/aromatic N) is 2. The van der Waals surface area contributed by atoms with E-state index in [-0.39, 0.29) is 18.5 Å². The van der Waals surface area contributed by atoms with Crippen molar-refractivity contribution in [3.63, 3.8) is 0 Å². The van der Waals surface area contributed by atoms with Gasteiger partial charge in [-0.3, -0.25) is 4.79 Å². The number of carbonyl (C=O) groups excluding carboxylic acids is 1. The lowest BCUT2D eigenvalue weighted by Gasteiger charge is -2.23. The molecule has 1 saturated heterocycles. The normalized spacial score (nSPS) is 19.9. The molecule has 0 spiro atoms. The van der Waals surface area contributed by atoms with Gasteiger partial charge in [0.25, 0.3) is 0 Å². The first-order valence-corrected chi connectivity index (χ1v) is 12.1. The monoisotopic (exact) mass is 427 g/mol. The van der Waals surface area contributed by atoms with E-state index in [9.17, 15) is 13.2 Å². The molecule has 2 aromatic carbocycles. The predicted octanol–water partition coefficient (Wildman–Crippen LogP) is 3.64. The van der Waals surface area contributed by atoms with Crippen LogP contribution in [0.4, 0.5) is 11.4 Å². The lowest BCUT2D eigenvalue weighted by atomic mass is 10.1. The van der Waals surface area contributed by atoms with Gasteiger partial charge in [0.1, 0.15) is 0 Å².